The Morgan fingerprint density at radius 2 is 2.00 bits per heavy atom. The van der Waals surface area contributed by atoms with Crippen molar-refractivity contribution in [3.05, 3.63) is 57.9 Å². The second kappa shape index (κ2) is 8.48. The van der Waals surface area contributed by atoms with E-state index in [0.29, 0.717) is 23.6 Å². The molecule has 1 aromatic heterocycles. The number of nitrogens with one attached hydrogen (secondary N) is 1. The number of hydrogen-bond donors (Lipinski definition) is 1. The summed E-state index contributed by atoms with van der Waals surface area (Å²) in [5, 5.41) is 7.74. The molecule has 1 N–H and O–H groups in total. The first-order chi connectivity index (χ1) is 13.5. The molecule has 1 aliphatic rings. The molecule has 0 radical (unpaired) electrons. The number of allylic oxidation sites excluding steroid dienone is 1. The Kier molecular flexibility index (Phi) is 6.04. The molecule has 8 heteroatoms. The lowest BCUT2D eigenvalue weighted by Gasteiger charge is -2.36. The van der Waals surface area contributed by atoms with Gasteiger partial charge in [-0.15, -0.1) is 0 Å². The summed E-state index contributed by atoms with van der Waals surface area (Å²) < 4.78 is 9.45. The fraction of sp³-hybridized carbons (Fsp3) is 0.350. The highest BCUT2D eigenvalue weighted by Crippen LogP contribution is 2.46. The number of rotatable bonds is 5. The van der Waals surface area contributed by atoms with Crippen LogP contribution in [0.15, 0.2) is 41.7 Å². The van der Waals surface area contributed by atoms with Crippen molar-refractivity contribution in [2.75, 3.05) is 18.6 Å². The molecule has 0 fully saturated rings. The van der Waals surface area contributed by atoms with Crippen molar-refractivity contribution >= 4 is 29.5 Å². The van der Waals surface area contributed by atoms with Gasteiger partial charge in [-0.1, -0.05) is 43.1 Å². The van der Waals surface area contributed by atoms with Gasteiger partial charge >= 0.3 is 12.1 Å². The van der Waals surface area contributed by atoms with Gasteiger partial charge in [-0.2, -0.15) is 5.10 Å². The third-order valence-corrected chi connectivity index (χ3v) is 5.08. The highest BCUT2D eigenvalue weighted by atomic mass is 35.5. The number of fused-ring (bicyclic) bond motifs is 1. The van der Waals surface area contributed by atoms with Crippen molar-refractivity contribution < 1.29 is 19.1 Å². The average molecular weight is 404 g/mol. The predicted molar refractivity (Wildman–Crippen MR) is 105 cm³/mol. The Hall–Kier alpha value is -2.80. The maximum absolute atomic E-state index is 13.1. The summed E-state index contributed by atoms with van der Waals surface area (Å²) in [6.07, 6.45) is 2.06. The Bertz CT molecular complexity index is 922. The lowest BCUT2D eigenvalue weighted by Crippen LogP contribution is -2.34. The van der Waals surface area contributed by atoms with E-state index in [2.05, 4.69) is 14.9 Å². The number of nitrogens with zero attached hydrogens (tertiary/aromatic N) is 2. The van der Waals surface area contributed by atoms with Gasteiger partial charge < -0.3 is 14.4 Å². The van der Waals surface area contributed by atoms with Crippen LogP contribution in [-0.2, 0) is 14.3 Å². The average Bonchev–Trinajstić information content (AvgIpc) is 3.17. The van der Waals surface area contributed by atoms with E-state index in [1.165, 1.54) is 0 Å². The van der Waals surface area contributed by atoms with E-state index >= 15 is 0 Å². The summed E-state index contributed by atoms with van der Waals surface area (Å²) in [5.74, 6) is -0.444. The van der Waals surface area contributed by atoms with Crippen molar-refractivity contribution in [3.63, 3.8) is 0 Å². The van der Waals surface area contributed by atoms with E-state index in [1.54, 1.807) is 12.3 Å². The molecule has 28 heavy (non-hydrogen) atoms. The maximum atomic E-state index is 13.1. The van der Waals surface area contributed by atoms with Crippen molar-refractivity contribution in [1.29, 1.82) is 0 Å². The molecule has 1 aliphatic heterocycles. The number of carbonyl (C=O) groups excluding carboxylic acids is 2. The van der Waals surface area contributed by atoms with Gasteiger partial charge in [-0.05, 0) is 25.0 Å². The number of anilines is 1. The molecule has 0 saturated carbocycles. The minimum absolute atomic E-state index is 0.371. The van der Waals surface area contributed by atoms with Crippen LogP contribution in [0.2, 0.25) is 5.02 Å². The van der Waals surface area contributed by atoms with Gasteiger partial charge in [-0.25, -0.2) is 9.59 Å². The molecule has 148 valence electrons. The van der Waals surface area contributed by atoms with Crippen LogP contribution in [0.3, 0.4) is 0 Å². The zero-order valence-electron chi connectivity index (χ0n) is 16.0. The molecule has 0 spiro atoms. The summed E-state index contributed by atoms with van der Waals surface area (Å²) in [5.41, 5.74) is 2.69. The van der Waals surface area contributed by atoms with Crippen LogP contribution in [0.5, 0.6) is 0 Å². The Morgan fingerprint density at radius 1 is 1.25 bits per heavy atom. The van der Waals surface area contributed by atoms with E-state index in [-0.39, 0.29) is 0 Å². The standard InChI is InChI=1S/C20H22ClN3O4/c1-4-8-15-17(19(25)28-20(26)27-3)16(12-9-6-7-10-14(12)21)13-11-22-23-18(13)24(15)5-2/h6-7,9-11,16H,4-5,8H2,1-3H3,(H,22,23). The van der Waals surface area contributed by atoms with Gasteiger partial charge in [0.25, 0.3) is 0 Å². The molecular weight excluding hydrogens is 382 g/mol. The molecule has 0 aliphatic carbocycles. The van der Waals surface area contributed by atoms with Gasteiger partial charge in [0.1, 0.15) is 5.82 Å². The van der Waals surface area contributed by atoms with Gasteiger partial charge in [0.15, 0.2) is 0 Å². The zero-order valence-corrected chi connectivity index (χ0v) is 16.7. The second-order valence-corrected chi connectivity index (χ2v) is 6.73. The molecule has 2 aromatic rings. The number of esters is 1. The van der Waals surface area contributed by atoms with Crippen molar-refractivity contribution in [3.8, 4) is 0 Å². The highest BCUT2D eigenvalue weighted by Gasteiger charge is 2.40. The number of aromatic nitrogens is 2. The van der Waals surface area contributed by atoms with Crippen molar-refractivity contribution in [1.82, 2.24) is 10.2 Å². The minimum atomic E-state index is -1.05. The molecule has 0 amide bonds. The molecule has 1 aromatic carbocycles. The van der Waals surface area contributed by atoms with Crippen LogP contribution in [0, 0.1) is 0 Å². The Labute approximate surface area is 168 Å². The number of halogens is 1. The van der Waals surface area contributed by atoms with Crippen LogP contribution < -0.4 is 4.90 Å². The largest absolute Gasteiger partial charge is 0.516 e. The maximum Gasteiger partial charge on any atom is 0.516 e. The Balaban J connectivity index is 2.25. The fourth-order valence-electron chi connectivity index (χ4n) is 3.61. The highest BCUT2D eigenvalue weighted by molar-refractivity contribution is 6.31. The van der Waals surface area contributed by atoms with Crippen molar-refractivity contribution in [2.45, 2.75) is 32.6 Å². The molecule has 0 bridgehead atoms. The topological polar surface area (TPSA) is 84.5 Å². The molecule has 2 heterocycles. The van der Waals surface area contributed by atoms with Gasteiger partial charge in [0.05, 0.1) is 18.9 Å². The third kappa shape index (κ3) is 3.49. The number of benzene rings is 1. The number of ether oxygens (including phenoxy) is 2. The van der Waals surface area contributed by atoms with Crippen molar-refractivity contribution in [2.24, 2.45) is 0 Å². The number of H-pyrrole nitrogens is 1. The van der Waals surface area contributed by atoms with Gasteiger partial charge in [0, 0.05) is 28.7 Å². The smallest absolute Gasteiger partial charge is 0.437 e. The van der Waals surface area contributed by atoms with Crippen LogP contribution in [0.25, 0.3) is 0 Å². The van der Waals surface area contributed by atoms with Gasteiger partial charge in [-0.3, -0.25) is 5.10 Å². The van der Waals surface area contributed by atoms with E-state index in [4.69, 9.17) is 16.3 Å². The first kappa shape index (κ1) is 19.9. The van der Waals surface area contributed by atoms with Gasteiger partial charge in [0.2, 0.25) is 0 Å². The molecule has 1 unspecified atom stereocenters. The summed E-state index contributed by atoms with van der Waals surface area (Å²) in [6, 6.07) is 7.31. The molecule has 0 saturated heterocycles. The minimum Gasteiger partial charge on any atom is -0.437 e. The van der Waals surface area contributed by atoms with E-state index < -0.39 is 18.0 Å². The number of aromatic amines is 1. The normalized spacial score (nSPS) is 16.0. The first-order valence-corrected chi connectivity index (χ1v) is 9.49. The quantitative estimate of drug-likeness (QED) is 0.588. The molecule has 3 rings (SSSR count). The number of methoxy groups -OCH3 is 1. The van der Waals surface area contributed by atoms with Crippen LogP contribution in [0.4, 0.5) is 10.6 Å². The van der Waals surface area contributed by atoms with E-state index in [0.717, 1.165) is 36.2 Å². The zero-order chi connectivity index (χ0) is 20.3. The van der Waals surface area contributed by atoms with Crippen LogP contribution in [-0.4, -0.2) is 36.0 Å². The summed E-state index contributed by atoms with van der Waals surface area (Å²) in [4.78, 5) is 26.7. The monoisotopic (exact) mass is 403 g/mol. The molecule has 1 atom stereocenters. The van der Waals surface area contributed by atoms with E-state index in [1.807, 2.05) is 36.9 Å². The summed E-state index contributed by atoms with van der Waals surface area (Å²) >= 11 is 6.48. The third-order valence-electron chi connectivity index (χ3n) is 4.74. The molecule has 7 nitrogen and oxygen atoms in total. The first-order valence-electron chi connectivity index (χ1n) is 9.11. The summed E-state index contributed by atoms with van der Waals surface area (Å²) in [6.45, 7) is 4.63. The Morgan fingerprint density at radius 3 is 2.64 bits per heavy atom. The fourth-order valence-corrected chi connectivity index (χ4v) is 3.86. The molecular formula is C20H22ClN3O4. The number of carbonyl (C=O) groups is 2. The van der Waals surface area contributed by atoms with Crippen LogP contribution in [0.1, 0.15) is 43.7 Å². The van der Waals surface area contributed by atoms with Crippen LogP contribution >= 0.6 is 11.6 Å². The lowest BCUT2D eigenvalue weighted by atomic mass is 9.81. The number of hydrogen-bond acceptors (Lipinski definition) is 6. The summed E-state index contributed by atoms with van der Waals surface area (Å²) in [7, 11) is 1.16. The predicted octanol–water partition coefficient (Wildman–Crippen LogP) is 4.40. The SMILES string of the molecule is CCCC1=C(C(=O)OC(=O)OC)C(c2ccccc2Cl)c2cn[nH]c2N1CC. The second-order valence-electron chi connectivity index (χ2n) is 6.33. The lowest BCUT2D eigenvalue weighted by molar-refractivity contribution is -0.135. The van der Waals surface area contributed by atoms with E-state index in [9.17, 15) is 9.59 Å².